The van der Waals surface area contributed by atoms with E-state index in [0.717, 1.165) is 61.6 Å². The van der Waals surface area contributed by atoms with Gasteiger partial charge in [-0.1, -0.05) is 42.5 Å². The van der Waals surface area contributed by atoms with Gasteiger partial charge in [0, 0.05) is 37.2 Å². The number of rotatable bonds is 6. The summed E-state index contributed by atoms with van der Waals surface area (Å²) in [5.41, 5.74) is 2.25. The van der Waals surface area contributed by atoms with Gasteiger partial charge in [0.1, 0.15) is 5.75 Å². The van der Waals surface area contributed by atoms with E-state index in [1.807, 2.05) is 18.2 Å². The van der Waals surface area contributed by atoms with E-state index >= 15 is 0 Å². The molecule has 3 aromatic rings. The zero-order chi connectivity index (χ0) is 22.6. The molecule has 1 aromatic heterocycles. The molecule has 1 fully saturated rings. The highest BCUT2D eigenvalue weighted by Gasteiger charge is 2.33. The molecule has 6 heteroatoms. The van der Waals surface area contributed by atoms with Crippen molar-refractivity contribution in [3.63, 3.8) is 0 Å². The number of nitrogens with one attached hydrogen (secondary N) is 1. The topological polar surface area (TPSA) is 54.5 Å². The first-order valence-electron chi connectivity index (χ1n) is 11.9. The second-order valence-corrected chi connectivity index (χ2v) is 10.1. The van der Waals surface area contributed by atoms with Crippen molar-refractivity contribution in [1.82, 2.24) is 15.2 Å². The quantitative estimate of drug-likeness (QED) is 0.517. The third-order valence-corrected chi connectivity index (χ3v) is 8.09. The summed E-state index contributed by atoms with van der Waals surface area (Å²) in [7, 11) is 1.72. The summed E-state index contributed by atoms with van der Waals surface area (Å²) < 4.78 is 6.70. The number of piperidine rings is 1. The van der Waals surface area contributed by atoms with Crippen molar-refractivity contribution in [2.24, 2.45) is 5.92 Å². The Labute approximate surface area is 199 Å². The smallest absolute Gasteiger partial charge is 0.224 e. The molecule has 2 unspecified atom stereocenters. The van der Waals surface area contributed by atoms with Crippen molar-refractivity contribution in [2.75, 3.05) is 20.2 Å². The van der Waals surface area contributed by atoms with Gasteiger partial charge >= 0.3 is 0 Å². The van der Waals surface area contributed by atoms with Gasteiger partial charge in [-0.05, 0) is 43.9 Å². The third-order valence-electron chi connectivity index (χ3n) is 6.92. The van der Waals surface area contributed by atoms with Gasteiger partial charge in [0.25, 0.3) is 0 Å². The highest BCUT2D eigenvalue weighted by molar-refractivity contribution is 7.18. The molecule has 0 bridgehead atoms. The van der Waals surface area contributed by atoms with Crippen LogP contribution in [0.3, 0.4) is 0 Å². The van der Waals surface area contributed by atoms with Gasteiger partial charge in [0.15, 0.2) is 0 Å². The number of para-hydroxylation sites is 2. The number of thiazole rings is 1. The van der Waals surface area contributed by atoms with Crippen molar-refractivity contribution in [3.05, 3.63) is 71.3 Å². The van der Waals surface area contributed by atoms with E-state index in [4.69, 9.17) is 9.72 Å². The van der Waals surface area contributed by atoms with E-state index in [1.54, 1.807) is 18.4 Å². The molecule has 2 atom stereocenters. The average molecular weight is 462 g/mol. The summed E-state index contributed by atoms with van der Waals surface area (Å²) in [5, 5.41) is 4.47. The normalized spacial score (nSPS) is 21.8. The van der Waals surface area contributed by atoms with Gasteiger partial charge in [-0.25, -0.2) is 4.98 Å². The van der Waals surface area contributed by atoms with Crippen LogP contribution in [0.1, 0.15) is 42.2 Å². The standard InChI is InChI=1S/C27H31N3O2S/c1-32-24-12-6-2-8-19(24)18-30-16-14-20(15-17-30)28-26(31)21-9-3-4-10-22(21)27-29-23-11-5-7-13-25(23)33-27/h2-8,11-13,20-22H,9-10,14-18H2,1H3,(H,28,31). The predicted molar refractivity (Wildman–Crippen MR) is 134 cm³/mol. The summed E-state index contributed by atoms with van der Waals surface area (Å²) in [4.78, 5) is 20.6. The molecular weight excluding hydrogens is 430 g/mol. The number of ether oxygens (including phenoxy) is 1. The van der Waals surface area contributed by atoms with Crippen LogP contribution in [0, 0.1) is 5.92 Å². The Morgan fingerprint density at radius 3 is 2.67 bits per heavy atom. The number of likely N-dealkylation sites (tertiary alicyclic amines) is 1. The van der Waals surface area contributed by atoms with Crippen molar-refractivity contribution >= 4 is 27.5 Å². The van der Waals surface area contributed by atoms with E-state index in [2.05, 4.69) is 52.7 Å². The lowest BCUT2D eigenvalue weighted by Gasteiger charge is -2.34. The highest BCUT2D eigenvalue weighted by Crippen LogP contribution is 2.38. The van der Waals surface area contributed by atoms with Crippen molar-refractivity contribution in [3.8, 4) is 5.75 Å². The number of carbonyl (C=O) groups excluding carboxylic acids is 1. The van der Waals surface area contributed by atoms with Crippen LogP contribution in [0.25, 0.3) is 10.2 Å². The van der Waals surface area contributed by atoms with Crippen LogP contribution in [-0.4, -0.2) is 42.0 Å². The predicted octanol–water partition coefficient (Wildman–Crippen LogP) is 5.14. The number of hydrogen-bond donors (Lipinski definition) is 1. The molecule has 2 aromatic carbocycles. The average Bonchev–Trinajstić information content (AvgIpc) is 3.30. The number of amides is 1. The summed E-state index contributed by atoms with van der Waals surface area (Å²) in [6, 6.07) is 16.7. The maximum atomic E-state index is 13.3. The van der Waals surface area contributed by atoms with Gasteiger partial charge in [-0.15, -0.1) is 11.3 Å². The fourth-order valence-corrected chi connectivity index (χ4v) is 6.19. The number of hydrogen-bond acceptors (Lipinski definition) is 5. The molecule has 1 aliphatic heterocycles. The minimum Gasteiger partial charge on any atom is -0.496 e. The first-order chi connectivity index (χ1) is 16.2. The Kier molecular flexibility index (Phi) is 6.74. The lowest BCUT2D eigenvalue weighted by molar-refractivity contribution is -0.126. The molecular formula is C27H31N3O2S. The van der Waals surface area contributed by atoms with Gasteiger partial charge < -0.3 is 10.1 Å². The molecule has 1 N–H and O–H groups in total. The van der Waals surface area contributed by atoms with Crippen LogP contribution in [-0.2, 0) is 11.3 Å². The van der Waals surface area contributed by atoms with E-state index in [9.17, 15) is 4.79 Å². The van der Waals surface area contributed by atoms with Crippen LogP contribution in [0.15, 0.2) is 60.7 Å². The first kappa shape index (κ1) is 22.1. The maximum absolute atomic E-state index is 13.3. The second kappa shape index (κ2) is 10.1. The number of fused-ring (bicyclic) bond motifs is 1. The highest BCUT2D eigenvalue weighted by atomic mass is 32.1. The fourth-order valence-electron chi connectivity index (χ4n) is 5.04. The molecule has 5 rings (SSSR count). The van der Waals surface area contributed by atoms with Crippen molar-refractivity contribution in [1.29, 1.82) is 0 Å². The molecule has 0 spiro atoms. The molecule has 5 nitrogen and oxygen atoms in total. The van der Waals surface area contributed by atoms with E-state index in [1.165, 1.54) is 10.3 Å². The molecule has 2 aliphatic rings. The Morgan fingerprint density at radius 1 is 1.09 bits per heavy atom. The molecule has 33 heavy (non-hydrogen) atoms. The summed E-state index contributed by atoms with van der Waals surface area (Å²) in [6.45, 7) is 2.85. The van der Waals surface area contributed by atoms with Crippen LogP contribution in [0.2, 0.25) is 0 Å². The minimum atomic E-state index is -0.0397. The maximum Gasteiger partial charge on any atom is 0.224 e. The summed E-state index contributed by atoms with van der Waals surface area (Å²) >= 11 is 1.73. The minimum absolute atomic E-state index is 0.0397. The Balaban J connectivity index is 1.19. The lowest BCUT2D eigenvalue weighted by atomic mass is 9.82. The number of allylic oxidation sites excluding steroid dienone is 2. The number of methoxy groups -OCH3 is 1. The van der Waals surface area contributed by atoms with E-state index in [0.29, 0.717) is 0 Å². The second-order valence-electron chi connectivity index (χ2n) is 9.05. The van der Waals surface area contributed by atoms with Crippen LogP contribution in [0.5, 0.6) is 5.75 Å². The van der Waals surface area contributed by atoms with Gasteiger partial charge in [0.2, 0.25) is 5.91 Å². The monoisotopic (exact) mass is 461 g/mol. The summed E-state index contributed by atoms with van der Waals surface area (Å²) in [5.74, 6) is 1.26. The van der Waals surface area contributed by atoms with Crippen molar-refractivity contribution in [2.45, 2.75) is 44.2 Å². The number of carbonyl (C=O) groups is 1. The molecule has 172 valence electrons. The SMILES string of the molecule is COc1ccccc1CN1CCC(NC(=O)C2CC=CCC2c2nc3ccccc3s2)CC1. The van der Waals surface area contributed by atoms with Gasteiger partial charge in [0.05, 0.1) is 28.3 Å². The Bertz CT molecular complexity index is 1100. The summed E-state index contributed by atoms with van der Waals surface area (Å²) in [6.07, 6.45) is 8.00. The largest absolute Gasteiger partial charge is 0.496 e. The number of nitrogens with zero attached hydrogens (tertiary/aromatic N) is 2. The first-order valence-corrected chi connectivity index (χ1v) is 12.7. The number of aromatic nitrogens is 1. The third kappa shape index (κ3) is 4.97. The van der Waals surface area contributed by atoms with E-state index < -0.39 is 0 Å². The van der Waals surface area contributed by atoms with Crippen LogP contribution in [0.4, 0.5) is 0 Å². The molecule has 0 radical (unpaired) electrons. The molecule has 0 saturated carbocycles. The Morgan fingerprint density at radius 2 is 1.85 bits per heavy atom. The zero-order valence-electron chi connectivity index (χ0n) is 19.1. The fraction of sp³-hybridized carbons (Fsp3) is 0.407. The zero-order valence-corrected chi connectivity index (χ0v) is 19.9. The number of benzene rings is 2. The van der Waals surface area contributed by atoms with Crippen molar-refractivity contribution < 1.29 is 9.53 Å². The molecule has 2 heterocycles. The van der Waals surface area contributed by atoms with Crippen LogP contribution >= 0.6 is 11.3 Å². The van der Waals surface area contributed by atoms with E-state index in [-0.39, 0.29) is 23.8 Å². The van der Waals surface area contributed by atoms with Gasteiger partial charge in [-0.3, -0.25) is 9.69 Å². The molecule has 1 amide bonds. The molecule has 1 saturated heterocycles. The van der Waals surface area contributed by atoms with Gasteiger partial charge in [-0.2, -0.15) is 0 Å². The lowest BCUT2D eigenvalue weighted by Crippen LogP contribution is -2.47. The Hall–Kier alpha value is -2.70. The molecule has 1 aliphatic carbocycles. The van der Waals surface area contributed by atoms with Crippen LogP contribution < -0.4 is 10.1 Å².